The number of H-pyrrole nitrogens is 1. The van der Waals surface area contributed by atoms with E-state index in [1.165, 1.54) is 0 Å². The molecule has 0 spiro atoms. The predicted octanol–water partition coefficient (Wildman–Crippen LogP) is 1.77. The second-order valence-corrected chi connectivity index (χ2v) is 6.39. The van der Waals surface area contributed by atoms with Gasteiger partial charge in [-0.25, -0.2) is 4.98 Å². The van der Waals surface area contributed by atoms with Gasteiger partial charge in [-0.2, -0.15) is 4.98 Å². The highest BCUT2D eigenvalue weighted by Crippen LogP contribution is 2.25. The molecule has 0 bridgehead atoms. The standard InChI is InChI=1S/C13H21N5O/c1-8(5-13(2,3)4)6-18-7-15-9-10(18)16-12(14)17-11(9)19/h7-8H,5-6H2,1-4H3,(H3,14,16,17,19). The van der Waals surface area contributed by atoms with Crippen LogP contribution in [-0.2, 0) is 6.54 Å². The molecule has 104 valence electrons. The molecule has 0 saturated heterocycles. The van der Waals surface area contributed by atoms with Gasteiger partial charge in [0.05, 0.1) is 6.33 Å². The second kappa shape index (κ2) is 4.68. The average Bonchev–Trinajstić information content (AvgIpc) is 2.58. The summed E-state index contributed by atoms with van der Waals surface area (Å²) in [4.78, 5) is 22.4. The number of nitrogen functional groups attached to an aromatic ring is 1. The summed E-state index contributed by atoms with van der Waals surface area (Å²) in [7, 11) is 0. The Kier molecular flexibility index (Phi) is 3.34. The molecule has 1 atom stereocenters. The lowest BCUT2D eigenvalue weighted by atomic mass is 9.85. The molecule has 0 aliphatic carbocycles. The van der Waals surface area contributed by atoms with Crippen molar-refractivity contribution in [1.82, 2.24) is 19.5 Å². The van der Waals surface area contributed by atoms with Gasteiger partial charge in [-0.1, -0.05) is 27.7 Å². The van der Waals surface area contributed by atoms with Crippen molar-refractivity contribution < 1.29 is 0 Å². The Morgan fingerprint density at radius 2 is 2.16 bits per heavy atom. The van der Waals surface area contributed by atoms with Crippen molar-refractivity contribution in [3.63, 3.8) is 0 Å². The smallest absolute Gasteiger partial charge is 0.280 e. The molecule has 0 amide bonds. The van der Waals surface area contributed by atoms with Gasteiger partial charge in [0, 0.05) is 6.54 Å². The van der Waals surface area contributed by atoms with Gasteiger partial charge in [0.15, 0.2) is 11.2 Å². The lowest BCUT2D eigenvalue weighted by molar-refractivity contribution is 0.287. The van der Waals surface area contributed by atoms with Crippen molar-refractivity contribution >= 4 is 17.1 Å². The number of anilines is 1. The first-order chi connectivity index (χ1) is 8.76. The van der Waals surface area contributed by atoms with Gasteiger partial charge in [0.1, 0.15) is 0 Å². The van der Waals surface area contributed by atoms with Gasteiger partial charge in [-0.15, -0.1) is 0 Å². The predicted molar refractivity (Wildman–Crippen MR) is 75.8 cm³/mol. The summed E-state index contributed by atoms with van der Waals surface area (Å²) in [5, 5.41) is 0. The summed E-state index contributed by atoms with van der Waals surface area (Å²) >= 11 is 0. The van der Waals surface area contributed by atoms with Crippen LogP contribution in [-0.4, -0.2) is 19.5 Å². The minimum absolute atomic E-state index is 0.128. The van der Waals surface area contributed by atoms with Gasteiger partial charge >= 0.3 is 0 Å². The molecule has 2 heterocycles. The third-order valence-electron chi connectivity index (χ3n) is 2.96. The molecule has 2 aromatic rings. The van der Waals surface area contributed by atoms with Gasteiger partial charge in [-0.3, -0.25) is 9.78 Å². The molecular weight excluding hydrogens is 242 g/mol. The Morgan fingerprint density at radius 3 is 2.79 bits per heavy atom. The van der Waals surface area contributed by atoms with Crippen molar-refractivity contribution in [2.45, 2.75) is 40.7 Å². The Bertz CT molecular complexity index is 635. The Balaban J connectivity index is 2.29. The van der Waals surface area contributed by atoms with Crippen molar-refractivity contribution in [2.24, 2.45) is 11.3 Å². The highest BCUT2D eigenvalue weighted by Gasteiger charge is 2.17. The van der Waals surface area contributed by atoms with E-state index in [2.05, 4.69) is 42.6 Å². The van der Waals surface area contributed by atoms with Crippen LogP contribution in [0, 0.1) is 11.3 Å². The van der Waals surface area contributed by atoms with Crippen LogP contribution < -0.4 is 11.3 Å². The number of nitrogens with one attached hydrogen (secondary N) is 1. The molecule has 1 unspecified atom stereocenters. The first-order valence-electron chi connectivity index (χ1n) is 6.47. The largest absolute Gasteiger partial charge is 0.369 e. The van der Waals surface area contributed by atoms with E-state index in [4.69, 9.17) is 5.73 Å². The van der Waals surface area contributed by atoms with E-state index in [9.17, 15) is 4.79 Å². The quantitative estimate of drug-likeness (QED) is 0.883. The highest BCUT2D eigenvalue weighted by atomic mass is 16.1. The van der Waals surface area contributed by atoms with E-state index in [0.29, 0.717) is 17.1 Å². The van der Waals surface area contributed by atoms with E-state index < -0.39 is 0 Å². The van der Waals surface area contributed by atoms with Crippen molar-refractivity contribution in [3.05, 3.63) is 16.7 Å². The molecule has 0 aliphatic rings. The van der Waals surface area contributed by atoms with Crippen molar-refractivity contribution in [1.29, 1.82) is 0 Å². The van der Waals surface area contributed by atoms with Crippen LogP contribution in [0.15, 0.2) is 11.1 Å². The average molecular weight is 263 g/mol. The number of aromatic amines is 1. The van der Waals surface area contributed by atoms with Crippen LogP contribution in [0.4, 0.5) is 5.95 Å². The molecule has 2 rings (SSSR count). The number of nitrogens with two attached hydrogens (primary N) is 1. The molecule has 6 heteroatoms. The fourth-order valence-corrected chi connectivity index (χ4v) is 2.55. The summed E-state index contributed by atoms with van der Waals surface area (Å²) in [5.74, 6) is 0.599. The highest BCUT2D eigenvalue weighted by molar-refractivity contribution is 5.70. The molecule has 0 fully saturated rings. The lowest BCUT2D eigenvalue weighted by Gasteiger charge is -2.23. The zero-order valence-electron chi connectivity index (χ0n) is 11.9. The van der Waals surface area contributed by atoms with E-state index in [0.717, 1.165) is 13.0 Å². The van der Waals surface area contributed by atoms with E-state index in [1.807, 2.05) is 4.57 Å². The maximum atomic E-state index is 11.7. The number of hydrogen-bond acceptors (Lipinski definition) is 4. The monoisotopic (exact) mass is 263 g/mol. The summed E-state index contributed by atoms with van der Waals surface area (Å²) in [6, 6.07) is 0. The van der Waals surface area contributed by atoms with Crippen LogP contribution in [0.25, 0.3) is 11.2 Å². The molecule has 3 N–H and O–H groups in total. The Morgan fingerprint density at radius 1 is 1.47 bits per heavy atom. The zero-order valence-corrected chi connectivity index (χ0v) is 11.9. The van der Waals surface area contributed by atoms with Gasteiger partial charge < -0.3 is 10.3 Å². The number of rotatable bonds is 3. The van der Waals surface area contributed by atoms with Crippen LogP contribution >= 0.6 is 0 Å². The van der Waals surface area contributed by atoms with Gasteiger partial charge in [0.2, 0.25) is 5.95 Å². The van der Waals surface area contributed by atoms with Crippen molar-refractivity contribution in [3.8, 4) is 0 Å². The molecule has 0 aromatic carbocycles. The first kappa shape index (κ1) is 13.6. The van der Waals surface area contributed by atoms with E-state index in [1.54, 1.807) is 6.33 Å². The van der Waals surface area contributed by atoms with Crippen molar-refractivity contribution in [2.75, 3.05) is 5.73 Å². The van der Waals surface area contributed by atoms with Gasteiger partial charge in [-0.05, 0) is 17.8 Å². The Hall–Kier alpha value is -1.85. The second-order valence-electron chi connectivity index (χ2n) is 6.39. The van der Waals surface area contributed by atoms with Crippen LogP contribution in [0.5, 0.6) is 0 Å². The van der Waals surface area contributed by atoms with E-state index in [-0.39, 0.29) is 16.9 Å². The summed E-state index contributed by atoms with van der Waals surface area (Å²) in [5.41, 5.74) is 6.47. The molecule has 0 saturated carbocycles. The molecule has 6 nitrogen and oxygen atoms in total. The number of fused-ring (bicyclic) bond motifs is 1. The van der Waals surface area contributed by atoms with E-state index >= 15 is 0 Å². The number of hydrogen-bond donors (Lipinski definition) is 2. The first-order valence-corrected chi connectivity index (χ1v) is 6.47. The number of aromatic nitrogens is 4. The molecule has 19 heavy (non-hydrogen) atoms. The van der Waals surface area contributed by atoms with Gasteiger partial charge in [0.25, 0.3) is 5.56 Å². The summed E-state index contributed by atoms with van der Waals surface area (Å²) < 4.78 is 1.90. The Labute approximate surface area is 112 Å². The van der Waals surface area contributed by atoms with Crippen LogP contribution in [0.1, 0.15) is 34.1 Å². The topological polar surface area (TPSA) is 89.6 Å². The SMILES string of the molecule is CC(Cn1cnc2c(=O)[nH]c(N)nc21)CC(C)(C)C. The maximum absolute atomic E-state index is 11.7. The third-order valence-corrected chi connectivity index (χ3v) is 2.96. The number of nitrogens with zero attached hydrogens (tertiary/aromatic N) is 3. The summed E-state index contributed by atoms with van der Waals surface area (Å²) in [6.07, 6.45) is 2.75. The van der Waals surface area contributed by atoms with Crippen LogP contribution in [0.2, 0.25) is 0 Å². The minimum atomic E-state index is -0.287. The molecular formula is C13H21N5O. The molecule has 2 aromatic heterocycles. The molecule has 0 radical (unpaired) electrons. The lowest BCUT2D eigenvalue weighted by Crippen LogP contribution is -2.17. The zero-order chi connectivity index (χ0) is 14.2. The third kappa shape index (κ3) is 3.13. The minimum Gasteiger partial charge on any atom is -0.369 e. The van der Waals surface area contributed by atoms with Crippen LogP contribution in [0.3, 0.4) is 0 Å². The molecule has 0 aliphatic heterocycles. The fourth-order valence-electron chi connectivity index (χ4n) is 2.55. The normalized spacial score (nSPS) is 13.9. The maximum Gasteiger partial charge on any atom is 0.280 e. The number of imidazole rings is 1. The fraction of sp³-hybridized carbons (Fsp3) is 0.615. The summed E-state index contributed by atoms with van der Waals surface area (Å²) in [6.45, 7) is 9.63.